The fourth-order valence-corrected chi connectivity index (χ4v) is 1.18. The molecule has 0 aliphatic rings. The van der Waals surface area contributed by atoms with Crippen LogP contribution in [0.2, 0.25) is 0 Å². The first-order valence-electron chi connectivity index (χ1n) is 4.98. The Bertz CT molecular complexity index is 513. The number of halogens is 3. The van der Waals surface area contributed by atoms with Crippen molar-refractivity contribution in [2.24, 2.45) is 0 Å². The van der Waals surface area contributed by atoms with Gasteiger partial charge in [0.05, 0.1) is 6.61 Å². The van der Waals surface area contributed by atoms with Crippen molar-refractivity contribution in [1.29, 1.82) is 0 Å². The van der Waals surface area contributed by atoms with Crippen molar-refractivity contribution in [2.45, 2.75) is 6.18 Å². The van der Waals surface area contributed by atoms with E-state index in [1.165, 1.54) is 4.63 Å². The molecular formula is C8H9F3N6O. The minimum absolute atomic E-state index is 0.0746. The second kappa shape index (κ2) is 5.12. The van der Waals surface area contributed by atoms with Gasteiger partial charge in [-0.1, -0.05) is 0 Å². The Kier molecular flexibility index (Phi) is 3.55. The highest BCUT2D eigenvalue weighted by molar-refractivity contribution is 5.41. The van der Waals surface area contributed by atoms with Gasteiger partial charge in [-0.3, -0.25) is 0 Å². The Hall–Kier alpha value is -1.97. The zero-order chi connectivity index (χ0) is 13.0. The Morgan fingerprint density at radius 2 is 2.17 bits per heavy atom. The van der Waals surface area contributed by atoms with Crippen molar-refractivity contribution >= 4 is 11.5 Å². The Balaban J connectivity index is 1.76. The van der Waals surface area contributed by atoms with Gasteiger partial charge in [0.15, 0.2) is 5.65 Å². The second-order valence-corrected chi connectivity index (χ2v) is 3.34. The molecule has 2 heterocycles. The first kappa shape index (κ1) is 12.5. The number of aromatic nitrogens is 5. The second-order valence-electron chi connectivity index (χ2n) is 3.34. The van der Waals surface area contributed by atoms with Crippen LogP contribution in [0.25, 0.3) is 5.65 Å². The Morgan fingerprint density at radius 1 is 1.33 bits per heavy atom. The first-order valence-corrected chi connectivity index (χ1v) is 4.98. The number of ether oxygens (including phenoxy) is 1. The van der Waals surface area contributed by atoms with Crippen LogP contribution >= 0.6 is 0 Å². The topological polar surface area (TPSA) is 77.2 Å². The summed E-state index contributed by atoms with van der Waals surface area (Å²) in [7, 11) is 0. The molecule has 0 fully saturated rings. The molecule has 7 nitrogen and oxygen atoms in total. The van der Waals surface area contributed by atoms with Crippen molar-refractivity contribution in [3.63, 3.8) is 0 Å². The van der Waals surface area contributed by atoms with Gasteiger partial charge in [-0.25, -0.2) is 0 Å². The van der Waals surface area contributed by atoms with Gasteiger partial charge >= 0.3 is 6.18 Å². The summed E-state index contributed by atoms with van der Waals surface area (Å²) in [6.07, 6.45) is -4.30. The van der Waals surface area contributed by atoms with E-state index >= 15 is 0 Å². The molecular weight excluding hydrogens is 253 g/mol. The van der Waals surface area contributed by atoms with Crippen LogP contribution in [0, 0.1) is 0 Å². The molecule has 2 rings (SSSR count). The van der Waals surface area contributed by atoms with Crippen LogP contribution in [0.4, 0.5) is 19.0 Å². The Labute approximate surface area is 98.9 Å². The molecule has 98 valence electrons. The molecule has 0 spiro atoms. The lowest BCUT2D eigenvalue weighted by molar-refractivity contribution is -0.172. The third-order valence-corrected chi connectivity index (χ3v) is 1.89. The highest BCUT2D eigenvalue weighted by Crippen LogP contribution is 2.14. The van der Waals surface area contributed by atoms with Crippen LogP contribution in [-0.2, 0) is 4.74 Å². The summed E-state index contributed by atoms with van der Waals surface area (Å²) in [5, 5.41) is 17.4. The van der Waals surface area contributed by atoms with Crippen molar-refractivity contribution in [1.82, 2.24) is 25.3 Å². The van der Waals surface area contributed by atoms with Crippen LogP contribution in [0.15, 0.2) is 12.1 Å². The number of fused-ring (bicyclic) bond motifs is 1. The van der Waals surface area contributed by atoms with Crippen molar-refractivity contribution in [3.8, 4) is 0 Å². The minimum Gasteiger partial charge on any atom is -0.370 e. The maximum atomic E-state index is 11.8. The molecule has 1 N–H and O–H groups in total. The fourth-order valence-electron chi connectivity index (χ4n) is 1.18. The molecule has 0 unspecified atom stereocenters. The fraction of sp³-hybridized carbons (Fsp3) is 0.500. The van der Waals surface area contributed by atoms with E-state index in [0.29, 0.717) is 11.5 Å². The van der Waals surface area contributed by atoms with Gasteiger partial charge in [0.1, 0.15) is 12.4 Å². The number of tetrazole rings is 1. The van der Waals surface area contributed by atoms with Gasteiger partial charge in [0.2, 0.25) is 0 Å². The van der Waals surface area contributed by atoms with E-state index < -0.39 is 12.8 Å². The quantitative estimate of drug-likeness (QED) is 0.791. The molecule has 2 aromatic heterocycles. The lowest BCUT2D eigenvalue weighted by Gasteiger charge is -2.08. The molecule has 2 aromatic rings. The molecule has 0 aromatic carbocycles. The summed E-state index contributed by atoms with van der Waals surface area (Å²) in [4.78, 5) is 0. The number of nitrogens with zero attached hydrogens (tertiary/aromatic N) is 5. The van der Waals surface area contributed by atoms with E-state index in [1.807, 2.05) is 0 Å². The molecule has 0 saturated carbocycles. The van der Waals surface area contributed by atoms with Gasteiger partial charge in [-0.2, -0.15) is 13.2 Å². The highest BCUT2D eigenvalue weighted by atomic mass is 19.4. The lowest BCUT2D eigenvalue weighted by Crippen LogP contribution is -2.20. The number of hydrogen-bond acceptors (Lipinski definition) is 6. The summed E-state index contributed by atoms with van der Waals surface area (Å²) in [5.41, 5.74) is 0.480. The number of anilines is 1. The normalized spacial score (nSPS) is 11.9. The maximum Gasteiger partial charge on any atom is 0.411 e. The van der Waals surface area contributed by atoms with Gasteiger partial charge < -0.3 is 10.1 Å². The first-order chi connectivity index (χ1) is 8.54. The average molecular weight is 262 g/mol. The van der Waals surface area contributed by atoms with E-state index in [4.69, 9.17) is 0 Å². The summed E-state index contributed by atoms with van der Waals surface area (Å²) in [6, 6.07) is 3.25. The standard InChI is InChI=1S/C8H9F3N6O/c9-8(10,11)5-18-4-3-12-6-1-2-7-13-15-16-17(7)14-6/h1-2H,3-5H2,(H,12,14). The molecule has 0 bridgehead atoms. The molecule has 18 heavy (non-hydrogen) atoms. The van der Waals surface area contributed by atoms with Gasteiger partial charge in [0.25, 0.3) is 0 Å². The lowest BCUT2D eigenvalue weighted by atomic mass is 10.5. The van der Waals surface area contributed by atoms with Crippen LogP contribution < -0.4 is 5.32 Å². The van der Waals surface area contributed by atoms with Crippen LogP contribution in [0.3, 0.4) is 0 Å². The van der Waals surface area contributed by atoms with Crippen molar-refractivity contribution in [3.05, 3.63) is 12.1 Å². The number of hydrogen-bond donors (Lipinski definition) is 1. The van der Waals surface area contributed by atoms with Crippen molar-refractivity contribution in [2.75, 3.05) is 25.1 Å². The van der Waals surface area contributed by atoms with Gasteiger partial charge in [-0.05, 0) is 22.6 Å². The highest BCUT2D eigenvalue weighted by Gasteiger charge is 2.27. The van der Waals surface area contributed by atoms with Gasteiger partial charge in [-0.15, -0.1) is 14.8 Å². The van der Waals surface area contributed by atoms with Crippen LogP contribution in [-0.4, -0.2) is 51.2 Å². The summed E-state index contributed by atoms with van der Waals surface area (Å²) in [5.74, 6) is 0.449. The van der Waals surface area contributed by atoms with Crippen LogP contribution in [0.5, 0.6) is 0 Å². The van der Waals surface area contributed by atoms with E-state index in [0.717, 1.165) is 0 Å². The summed E-state index contributed by atoms with van der Waals surface area (Å²) < 4.78 is 40.9. The summed E-state index contributed by atoms with van der Waals surface area (Å²) >= 11 is 0. The zero-order valence-electron chi connectivity index (χ0n) is 9.05. The smallest absolute Gasteiger partial charge is 0.370 e. The SMILES string of the molecule is FC(F)(F)COCCNc1ccc2nnnn2n1. The average Bonchev–Trinajstić information content (AvgIpc) is 2.74. The molecule has 0 saturated heterocycles. The Morgan fingerprint density at radius 3 is 2.94 bits per heavy atom. The zero-order valence-corrected chi connectivity index (χ0v) is 9.05. The maximum absolute atomic E-state index is 11.8. The van der Waals surface area contributed by atoms with E-state index in [2.05, 4.69) is 30.7 Å². The monoisotopic (exact) mass is 262 g/mol. The number of nitrogens with one attached hydrogen (secondary N) is 1. The van der Waals surface area contributed by atoms with E-state index in [-0.39, 0.29) is 13.2 Å². The molecule has 0 aliphatic heterocycles. The predicted molar refractivity (Wildman–Crippen MR) is 53.9 cm³/mol. The number of alkyl halides is 3. The van der Waals surface area contributed by atoms with Crippen LogP contribution in [0.1, 0.15) is 0 Å². The predicted octanol–water partition coefficient (Wildman–Crippen LogP) is 0.510. The molecule has 10 heteroatoms. The van der Waals surface area contributed by atoms with Crippen molar-refractivity contribution < 1.29 is 17.9 Å². The third kappa shape index (κ3) is 3.52. The summed E-state index contributed by atoms with van der Waals surface area (Å²) in [6.45, 7) is -1.13. The third-order valence-electron chi connectivity index (χ3n) is 1.89. The molecule has 0 amide bonds. The van der Waals surface area contributed by atoms with E-state index in [9.17, 15) is 13.2 Å². The largest absolute Gasteiger partial charge is 0.411 e. The molecule has 0 aliphatic carbocycles. The van der Waals surface area contributed by atoms with Gasteiger partial charge in [0, 0.05) is 6.54 Å². The molecule has 0 radical (unpaired) electrons. The number of rotatable bonds is 5. The minimum atomic E-state index is -4.30. The molecule has 0 atom stereocenters. The van der Waals surface area contributed by atoms with E-state index in [1.54, 1.807) is 12.1 Å².